The van der Waals surface area contributed by atoms with Gasteiger partial charge in [-0.1, -0.05) is 44.2 Å². The highest BCUT2D eigenvalue weighted by molar-refractivity contribution is 7.80. The van der Waals surface area contributed by atoms with Gasteiger partial charge in [0.15, 0.2) is 0 Å². The number of allylic oxidation sites excluding steroid dienone is 1. The molecule has 1 nitrogen and oxygen atoms in total. The molecule has 0 saturated carbocycles. The molecular weight excluding hydrogens is 240 g/mol. The molecule has 18 heavy (non-hydrogen) atoms. The van der Waals surface area contributed by atoms with E-state index >= 15 is 0 Å². The maximum atomic E-state index is 6.03. The van der Waals surface area contributed by atoms with Gasteiger partial charge in [0.2, 0.25) is 0 Å². The highest BCUT2D eigenvalue weighted by Crippen LogP contribution is 2.30. The van der Waals surface area contributed by atoms with Crippen molar-refractivity contribution in [1.82, 2.24) is 0 Å². The summed E-state index contributed by atoms with van der Waals surface area (Å²) in [7, 11) is 0. The molecule has 2 heteroatoms. The minimum Gasteiger partial charge on any atom is -0.492 e. The van der Waals surface area contributed by atoms with E-state index in [-0.39, 0.29) is 5.41 Å². The van der Waals surface area contributed by atoms with Crippen LogP contribution in [0.5, 0.6) is 5.75 Å². The van der Waals surface area contributed by atoms with E-state index in [9.17, 15) is 0 Å². The van der Waals surface area contributed by atoms with Gasteiger partial charge in [0.05, 0.1) is 6.61 Å². The monoisotopic (exact) mass is 264 g/mol. The summed E-state index contributed by atoms with van der Waals surface area (Å²) >= 11 is 4.48. The van der Waals surface area contributed by atoms with E-state index in [0.717, 1.165) is 36.5 Å². The first-order valence-corrected chi connectivity index (χ1v) is 7.30. The Hall–Kier alpha value is -0.890. The molecule has 0 N–H and O–H groups in total. The van der Waals surface area contributed by atoms with Crippen molar-refractivity contribution in [3.8, 4) is 5.75 Å². The van der Waals surface area contributed by atoms with Gasteiger partial charge in [-0.3, -0.25) is 0 Å². The highest BCUT2D eigenvalue weighted by atomic mass is 32.1. The molecule has 0 spiro atoms. The minimum atomic E-state index is 0.187. The van der Waals surface area contributed by atoms with Gasteiger partial charge in [0.25, 0.3) is 0 Å². The van der Waals surface area contributed by atoms with Crippen molar-refractivity contribution in [2.75, 3.05) is 12.4 Å². The fraction of sp³-hybridized carbons (Fsp3) is 0.500. The Morgan fingerprint density at radius 2 is 1.89 bits per heavy atom. The van der Waals surface area contributed by atoms with Gasteiger partial charge in [-0.2, -0.15) is 12.6 Å². The predicted octanol–water partition coefficient (Wildman–Crippen LogP) is 4.83. The van der Waals surface area contributed by atoms with Gasteiger partial charge in [-0.15, -0.1) is 0 Å². The highest BCUT2D eigenvalue weighted by Gasteiger charge is 2.25. The van der Waals surface area contributed by atoms with E-state index in [0.29, 0.717) is 0 Å². The molecule has 0 aromatic heterocycles. The Kier molecular flexibility index (Phi) is 6.34. The van der Waals surface area contributed by atoms with Crippen molar-refractivity contribution in [2.24, 2.45) is 5.41 Å². The quantitative estimate of drug-likeness (QED) is 0.694. The molecule has 0 aliphatic carbocycles. The molecule has 0 amide bonds. The molecule has 0 radical (unpaired) electrons. The second-order valence-corrected chi connectivity index (χ2v) is 5.01. The third kappa shape index (κ3) is 3.81. The summed E-state index contributed by atoms with van der Waals surface area (Å²) in [5.41, 5.74) is 1.33. The first-order valence-electron chi connectivity index (χ1n) is 6.66. The van der Waals surface area contributed by atoms with Gasteiger partial charge < -0.3 is 4.74 Å². The van der Waals surface area contributed by atoms with Crippen molar-refractivity contribution in [2.45, 2.75) is 33.6 Å². The van der Waals surface area contributed by atoms with Crippen molar-refractivity contribution in [1.29, 1.82) is 0 Å². The molecule has 0 aliphatic rings. The lowest BCUT2D eigenvalue weighted by Crippen LogP contribution is -2.29. The van der Waals surface area contributed by atoms with Gasteiger partial charge >= 0.3 is 0 Å². The number of ether oxygens (including phenoxy) is 1. The van der Waals surface area contributed by atoms with Crippen molar-refractivity contribution in [3.05, 3.63) is 35.9 Å². The smallest absolute Gasteiger partial charge is 0.126 e. The van der Waals surface area contributed by atoms with E-state index in [2.05, 4.69) is 38.6 Å². The molecule has 0 heterocycles. The van der Waals surface area contributed by atoms with Crippen LogP contribution in [0.1, 0.15) is 39.2 Å². The number of benzene rings is 1. The van der Waals surface area contributed by atoms with E-state index in [1.165, 1.54) is 0 Å². The van der Waals surface area contributed by atoms with E-state index < -0.39 is 0 Å². The van der Waals surface area contributed by atoms with Crippen LogP contribution >= 0.6 is 12.6 Å². The standard InChI is InChI=1S/C16H24OS/c1-4-9-14-10-7-8-11-15(14)17-12-16(5-2,6-3)13-18/h4,7-11,18H,5-6,12-13H2,1-3H3. The molecule has 1 aromatic rings. The average molecular weight is 264 g/mol. The number of para-hydroxylation sites is 1. The number of thiol groups is 1. The van der Waals surface area contributed by atoms with Crippen LogP contribution in [0.15, 0.2) is 30.3 Å². The predicted molar refractivity (Wildman–Crippen MR) is 83.5 cm³/mol. The van der Waals surface area contributed by atoms with Crippen LogP contribution in [0.2, 0.25) is 0 Å². The topological polar surface area (TPSA) is 9.23 Å². The second kappa shape index (κ2) is 7.52. The zero-order valence-electron chi connectivity index (χ0n) is 11.6. The summed E-state index contributed by atoms with van der Waals surface area (Å²) in [5, 5.41) is 0. The summed E-state index contributed by atoms with van der Waals surface area (Å²) in [5.74, 6) is 1.83. The lowest BCUT2D eigenvalue weighted by molar-refractivity contribution is 0.157. The second-order valence-electron chi connectivity index (χ2n) is 4.69. The summed E-state index contributed by atoms with van der Waals surface area (Å²) < 4.78 is 6.03. The van der Waals surface area contributed by atoms with Crippen LogP contribution in [-0.2, 0) is 0 Å². The van der Waals surface area contributed by atoms with Gasteiger partial charge in [0.1, 0.15) is 5.75 Å². The van der Waals surface area contributed by atoms with Crippen molar-refractivity contribution in [3.63, 3.8) is 0 Å². The molecule has 0 unspecified atom stereocenters. The third-order valence-electron chi connectivity index (χ3n) is 3.63. The third-order valence-corrected chi connectivity index (χ3v) is 4.31. The molecule has 0 fully saturated rings. The Morgan fingerprint density at radius 3 is 2.44 bits per heavy atom. The first kappa shape index (κ1) is 15.2. The molecule has 0 bridgehead atoms. The summed E-state index contributed by atoms with van der Waals surface area (Å²) in [6.45, 7) is 7.17. The van der Waals surface area contributed by atoms with Crippen molar-refractivity contribution < 1.29 is 4.74 Å². The van der Waals surface area contributed by atoms with Crippen LogP contribution in [0.3, 0.4) is 0 Å². The first-order chi connectivity index (χ1) is 8.71. The number of rotatable bonds is 7. The van der Waals surface area contributed by atoms with E-state index in [4.69, 9.17) is 4.74 Å². The SMILES string of the molecule is CC=Cc1ccccc1OCC(CC)(CC)CS. The fourth-order valence-corrected chi connectivity index (χ4v) is 2.42. The number of hydrogen-bond acceptors (Lipinski definition) is 2. The summed E-state index contributed by atoms with van der Waals surface area (Å²) in [6.07, 6.45) is 6.31. The van der Waals surface area contributed by atoms with E-state index in [1.54, 1.807) is 0 Å². The Balaban J connectivity index is 2.79. The molecule has 0 saturated heterocycles. The molecule has 1 rings (SSSR count). The Morgan fingerprint density at radius 1 is 1.22 bits per heavy atom. The average Bonchev–Trinajstić information content (AvgIpc) is 2.43. The molecule has 0 aliphatic heterocycles. The molecule has 0 atom stereocenters. The zero-order chi connectivity index (χ0) is 13.4. The van der Waals surface area contributed by atoms with Crippen LogP contribution in [-0.4, -0.2) is 12.4 Å². The van der Waals surface area contributed by atoms with Gasteiger partial charge in [-0.25, -0.2) is 0 Å². The van der Waals surface area contributed by atoms with Crippen LogP contribution in [0, 0.1) is 5.41 Å². The Labute approximate surface area is 117 Å². The van der Waals surface area contributed by atoms with Crippen LogP contribution < -0.4 is 4.74 Å². The minimum absolute atomic E-state index is 0.187. The summed E-state index contributed by atoms with van der Waals surface area (Å²) in [6, 6.07) is 8.16. The zero-order valence-corrected chi connectivity index (χ0v) is 12.5. The largest absolute Gasteiger partial charge is 0.492 e. The number of hydrogen-bond donors (Lipinski definition) is 1. The maximum Gasteiger partial charge on any atom is 0.126 e. The normalized spacial score (nSPS) is 12.0. The fourth-order valence-electron chi connectivity index (χ4n) is 1.88. The summed E-state index contributed by atoms with van der Waals surface area (Å²) in [4.78, 5) is 0. The van der Waals surface area contributed by atoms with Crippen LogP contribution in [0.4, 0.5) is 0 Å². The molecule has 1 aromatic carbocycles. The molecular formula is C16H24OS. The van der Waals surface area contributed by atoms with Crippen LogP contribution in [0.25, 0.3) is 6.08 Å². The lowest BCUT2D eigenvalue weighted by Gasteiger charge is -2.29. The Bertz CT molecular complexity index is 372. The van der Waals surface area contributed by atoms with Gasteiger partial charge in [0, 0.05) is 11.0 Å². The molecule has 100 valence electrons. The van der Waals surface area contributed by atoms with E-state index in [1.807, 2.05) is 31.2 Å². The lowest BCUT2D eigenvalue weighted by atomic mass is 9.85. The van der Waals surface area contributed by atoms with Crippen molar-refractivity contribution >= 4 is 18.7 Å². The maximum absolute atomic E-state index is 6.03. The van der Waals surface area contributed by atoms with Gasteiger partial charge in [-0.05, 0) is 31.6 Å².